The highest BCUT2D eigenvalue weighted by atomic mass is 35.5. The molecule has 0 unspecified atom stereocenters. The number of alkyl halides is 1. The van der Waals surface area contributed by atoms with Crippen LogP contribution in [0.4, 0.5) is 8.78 Å². The van der Waals surface area contributed by atoms with Gasteiger partial charge in [-0.1, -0.05) is 18.2 Å². The zero-order chi connectivity index (χ0) is 9.68. The highest BCUT2D eigenvalue weighted by molar-refractivity contribution is 6.18. The van der Waals surface area contributed by atoms with Crippen LogP contribution in [0.1, 0.15) is 5.56 Å². The van der Waals surface area contributed by atoms with E-state index in [4.69, 9.17) is 11.6 Å². The Balaban J connectivity index is 2.68. The van der Waals surface area contributed by atoms with Crippen LogP contribution in [0.3, 0.4) is 0 Å². The molecule has 0 radical (unpaired) electrons. The molecule has 0 atom stereocenters. The highest BCUT2D eigenvalue weighted by Crippen LogP contribution is 2.09. The van der Waals surface area contributed by atoms with Gasteiger partial charge in [0.25, 0.3) is 0 Å². The van der Waals surface area contributed by atoms with Crippen LogP contribution in [-0.2, 0) is 6.42 Å². The lowest BCUT2D eigenvalue weighted by Crippen LogP contribution is -1.87. The Morgan fingerprint density at radius 2 is 1.92 bits per heavy atom. The van der Waals surface area contributed by atoms with Crippen LogP contribution in [0.15, 0.2) is 30.4 Å². The van der Waals surface area contributed by atoms with E-state index in [1.165, 1.54) is 6.07 Å². The SMILES string of the molecule is Fc1ccc(C/C=C/CCl)cc1F. The van der Waals surface area contributed by atoms with E-state index in [9.17, 15) is 8.78 Å². The third kappa shape index (κ3) is 3.15. The van der Waals surface area contributed by atoms with Gasteiger partial charge in [-0.25, -0.2) is 8.78 Å². The summed E-state index contributed by atoms with van der Waals surface area (Å²) < 4.78 is 25.1. The van der Waals surface area contributed by atoms with Gasteiger partial charge in [-0.2, -0.15) is 0 Å². The summed E-state index contributed by atoms with van der Waals surface area (Å²) in [6, 6.07) is 3.87. The molecular formula is C10H9ClF2. The van der Waals surface area contributed by atoms with Crippen LogP contribution in [-0.4, -0.2) is 5.88 Å². The monoisotopic (exact) mass is 202 g/mol. The van der Waals surface area contributed by atoms with Crippen LogP contribution in [0.5, 0.6) is 0 Å². The molecule has 0 saturated carbocycles. The lowest BCUT2D eigenvalue weighted by molar-refractivity contribution is 0.507. The third-order valence-electron chi connectivity index (χ3n) is 1.59. The van der Waals surface area contributed by atoms with Gasteiger partial charge in [0.15, 0.2) is 11.6 Å². The molecular weight excluding hydrogens is 194 g/mol. The van der Waals surface area contributed by atoms with Gasteiger partial charge >= 0.3 is 0 Å². The Morgan fingerprint density at radius 1 is 1.15 bits per heavy atom. The second-order valence-corrected chi connectivity index (χ2v) is 2.89. The zero-order valence-corrected chi connectivity index (χ0v) is 7.69. The molecule has 0 heterocycles. The molecule has 0 bridgehead atoms. The van der Waals surface area contributed by atoms with Crippen molar-refractivity contribution in [3.05, 3.63) is 47.5 Å². The average molecular weight is 203 g/mol. The summed E-state index contributed by atoms with van der Waals surface area (Å²) in [5.41, 5.74) is 0.736. The molecule has 0 aliphatic carbocycles. The lowest BCUT2D eigenvalue weighted by atomic mass is 10.1. The number of rotatable bonds is 3. The normalized spacial score (nSPS) is 11.0. The van der Waals surface area contributed by atoms with E-state index in [0.717, 1.165) is 11.6 Å². The summed E-state index contributed by atoms with van der Waals surface area (Å²) in [5, 5.41) is 0. The van der Waals surface area contributed by atoms with Crippen LogP contribution in [0, 0.1) is 11.6 Å². The van der Waals surface area contributed by atoms with E-state index in [-0.39, 0.29) is 0 Å². The first-order valence-electron chi connectivity index (χ1n) is 3.89. The van der Waals surface area contributed by atoms with Crippen LogP contribution < -0.4 is 0 Å². The molecule has 0 spiro atoms. The largest absolute Gasteiger partial charge is 0.204 e. The fourth-order valence-electron chi connectivity index (χ4n) is 0.949. The summed E-state index contributed by atoms with van der Waals surface area (Å²) in [6.45, 7) is 0. The summed E-state index contributed by atoms with van der Waals surface area (Å²) >= 11 is 5.40. The quantitative estimate of drug-likeness (QED) is 0.521. The maximum absolute atomic E-state index is 12.7. The first-order valence-corrected chi connectivity index (χ1v) is 4.42. The van der Waals surface area contributed by atoms with Gasteiger partial charge in [0.05, 0.1) is 0 Å². The summed E-state index contributed by atoms with van der Waals surface area (Å²) in [7, 11) is 0. The van der Waals surface area contributed by atoms with Crippen molar-refractivity contribution in [2.45, 2.75) is 6.42 Å². The zero-order valence-electron chi connectivity index (χ0n) is 6.93. The van der Waals surface area contributed by atoms with Crippen molar-refractivity contribution in [3.63, 3.8) is 0 Å². The lowest BCUT2D eigenvalue weighted by Gasteiger charge is -1.97. The van der Waals surface area contributed by atoms with Crippen molar-refractivity contribution in [3.8, 4) is 0 Å². The number of hydrogen-bond donors (Lipinski definition) is 0. The highest BCUT2D eigenvalue weighted by Gasteiger charge is 2.00. The summed E-state index contributed by atoms with van der Waals surface area (Å²) in [5.74, 6) is -1.19. The minimum Gasteiger partial charge on any atom is -0.204 e. The number of halogens is 3. The van der Waals surface area contributed by atoms with E-state index in [2.05, 4.69) is 0 Å². The molecule has 1 aromatic rings. The van der Waals surface area contributed by atoms with E-state index >= 15 is 0 Å². The molecule has 0 aliphatic rings. The van der Waals surface area contributed by atoms with Gasteiger partial charge in [-0.05, 0) is 24.1 Å². The van der Waals surface area contributed by atoms with E-state index in [1.54, 1.807) is 12.1 Å². The van der Waals surface area contributed by atoms with E-state index < -0.39 is 11.6 Å². The van der Waals surface area contributed by atoms with Gasteiger partial charge in [-0.15, -0.1) is 11.6 Å². The molecule has 70 valence electrons. The third-order valence-corrected chi connectivity index (χ3v) is 1.77. The van der Waals surface area contributed by atoms with Gasteiger partial charge < -0.3 is 0 Å². The molecule has 0 nitrogen and oxygen atoms in total. The Morgan fingerprint density at radius 3 is 2.54 bits per heavy atom. The molecule has 1 rings (SSSR count). The van der Waals surface area contributed by atoms with Crippen molar-refractivity contribution in [1.29, 1.82) is 0 Å². The fourth-order valence-corrected chi connectivity index (χ4v) is 1.08. The van der Waals surface area contributed by atoms with Crippen molar-refractivity contribution < 1.29 is 8.78 Å². The predicted octanol–water partition coefficient (Wildman–Crippen LogP) is 3.30. The molecule has 0 N–H and O–H groups in total. The maximum Gasteiger partial charge on any atom is 0.159 e. The first-order chi connectivity index (χ1) is 6.24. The van der Waals surface area contributed by atoms with Crippen molar-refractivity contribution in [2.75, 3.05) is 5.88 Å². The van der Waals surface area contributed by atoms with Crippen molar-refractivity contribution in [1.82, 2.24) is 0 Å². The van der Waals surface area contributed by atoms with Crippen LogP contribution in [0.25, 0.3) is 0 Å². The van der Waals surface area contributed by atoms with E-state index in [1.807, 2.05) is 6.08 Å². The minimum absolute atomic E-state index is 0.434. The van der Waals surface area contributed by atoms with Crippen LogP contribution >= 0.6 is 11.6 Å². The summed E-state index contributed by atoms with van der Waals surface area (Å²) in [6.07, 6.45) is 4.16. The topological polar surface area (TPSA) is 0 Å². The Bertz CT molecular complexity index is 308. The predicted molar refractivity (Wildman–Crippen MR) is 49.9 cm³/mol. The van der Waals surface area contributed by atoms with Gasteiger partial charge in [-0.3, -0.25) is 0 Å². The summed E-state index contributed by atoms with van der Waals surface area (Å²) in [4.78, 5) is 0. The number of allylic oxidation sites excluding steroid dienone is 2. The van der Waals surface area contributed by atoms with Gasteiger partial charge in [0.1, 0.15) is 0 Å². The maximum atomic E-state index is 12.7. The Hall–Kier alpha value is -0.890. The number of benzene rings is 1. The standard InChI is InChI=1S/C10H9ClF2/c11-6-2-1-3-8-4-5-9(12)10(13)7-8/h1-2,4-5,7H,3,6H2/b2-1+. The second kappa shape index (κ2) is 4.97. The van der Waals surface area contributed by atoms with Gasteiger partial charge in [0, 0.05) is 5.88 Å². The molecule has 3 heteroatoms. The van der Waals surface area contributed by atoms with Crippen molar-refractivity contribution >= 4 is 11.6 Å². The average Bonchev–Trinajstić information content (AvgIpc) is 2.12. The fraction of sp³-hybridized carbons (Fsp3) is 0.200. The molecule has 0 saturated heterocycles. The Kier molecular flexibility index (Phi) is 3.90. The molecule has 0 aliphatic heterocycles. The van der Waals surface area contributed by atoms with E-state index in [0.29, 0.717) is 12.3 Å². The molecule has 13 heavy (non-hydrogen) atoms. The Labute approximate surface area is 80.8 Å². The van der Waals surface area contributed by atoms with Crippen molar-refractivity contribution in [2.24, 2.45) is 0 Å². The smallest absolute Gasteiger partial charge is 0.159 e. The molecule has 0 aromatic heterocycles. The second-order valence-electron chi connectivity index (χ2n) is 2.58. The minimum atomic E-state index is -0.815. The molecule has 0 amide bonds. The van der Waals surface area contributed by atoms with Gasteiger partial charge in [0.2, 0.25) is 0 Å². The molecule has 1 aromatic carbocycles. The first kappa shape index (κ1) is 10.2. The molecule has 0 fully saturated rings. The number of hydrogen-bond acceptors (Lipinski definition) is 0. The van der Waals surface area contributed by atoms with Crippen LogP contribution in [0.2, 0.25) is 0 Å².